The van der Waals surface area contributed by atoms with E-state index in [0.29, 0.717) is 47.1 Å². The lowest BCUT2D eigenvalue weighted by molar-refractivity contribution is 0.0587. The van der Waals surface area contributed by atoms with Crippen molar-refractivity contribution in [3.05, 3.63) is 52.3 Å². The predicted octanol–water partition coefficient (Wildman–Crippen LogP) is 4.83. The highest BCUT2D eigenvalue weighted by Gasteiger charge is 2.30. The van der Waals surface area contributed by atoms with Crippen LogP contribution in [-0.2, 0) is 11.3 Å². The van der Waals surface area contributed by atoms with Crippen molar-refractivity contribution < 1.29 is 23.9 Å². The average molecular weight is 469 g/mol. The highest BCUT2D eigenvalue weighted by Crippen LogP contribution is 2.27. The number of ether oxygens (including phenoxy) is 2. The van der Waals surface area contributed by atoms with Crippen LogP contribution < -0.4 is 4.74 Å². The Kier molecular flexibility index (Phi) is 8.53. The molecule has 1 aliphatic rings. The Labute approximate surface area is 202 Å². The second kappa shape index (κ2) is 11.4. The maximum Gasteiger partial charge on any atom is 0.354 e. The van der Waals surface area contributed by atoms with Crippen LogP contribution in [0.4, 0.5) is 0 Å². The van der Waals surface area contributed by atoms with E-state index in [9.17, 15) is 14.4 Å². The zero-order valence-electron chi connectivity index (χ0n) is 21.0. The minimum atomic E-state index is -0.465. The van der Waals surface area contributed by atoms with Gasteiger partial charge in [-0.05, 0) is 63.3 Å². The van der Waals surface area contributed by atoms with Crippen molar-refractivity contribution in [3.8, 4) is 5.75 Å². The summed E-state index contributed by atoms with van der Waals surface area (Å²) in [5.41, 5.74) is 2.70. The van der Waals surface area contributed by atoms with Gasteiger partial charge in [0, 0.05) is 29.9 Å². The fourth-order valence-corrected chi connectivity index (χ4v) is 5.15. The topological polar surface area (TPSA) is 77.8 Å². The summed E-state index contributed by atoms with van der Waals surface area (Å²) in [6.07, 6.45) is 5.65. The Morgan fingerprint density at radius 1 is 1.09 bits per heavy atom. The second-order valence-corrected chi connectivity index (χ2v) is 9.01. The number of nitrogens with zero attached hydrogens (tertiary/aromatic N) is 2. The predicted molar refractivity (Wildman–Crippen MR) is 131 cm³/mol. The number of esters is 1. The van der Waals surface area contributed by atoms with E-state index in [1.165, 1.54) is 13.5 Å². The smallest absolute Gasteiger partial charge is 0.354 e. The van der Waals surface area contributed by atoms with E-state index in [1.54, 1.807) is 43.2 Å². The summed E-state index contributed by atoms with van der Waals surface area (Å²) in [5.74, 6) is 0.164. The van der Waals surface area contributed by atoms with Gasteiger partial charge in [0.05, 0.1) is 20.8 Å². The first-order valence-corrected chi connectivity index (χ1v) is 12.1. The first-order valence-electron chi connectivity index (χ1n) is 12.1. The number of benzene rings is 1. The fraction of sp³-hybridized carbons (Fsp3) is 0.519. The molecule has 1 fully saturated rings. The van der Waals surface area contributed by atoms with Crippen molar-refractivity contribution in [2.75, 3.05) is 27.3 Å². The highest BCUT2D eigenvalue weighted by atomic mass is 16.5. The van der Waals surface area contributed by atoms with Crippen LogP contribution in [-0.4, -0.2) is 54.4 Å². The number of methoxy groups -OCH3 is 2. The molecule has 1 aromatic heterocycles. The number of carbonyl (C=O) groups excluding carboxylic acids is 3. The molecule has 0 saturated heterocycles. The van der Waals surface area contributed by atoms with Gasteiger partial charge in [0.15, 0.2) is 5.78 Å². The molecule has 0 bridgehead atoms. The van der Waals surface area contributed by atoms with Crippen LogP contribution in [0.1, 0.15) is 81.5 Å². The van der Waals surface area contributed by atoms with E-state index in [1.807, 2.05) is 18.4 Å². The summed E-state index contributed by atoms with van der Waals surface area (Å²) in [6.45, 7) is 6.58. The Balaban J connectivity index is 1.94. The molecule has 34 heavy (non-hydrogen) atoms. The standard InChI is InChI=1S/C27H36N2O5/c1-6-29-19(3)24(18(2)25(29)27(32)34-5)23(30)17-28(16-20-11-8-7-9-12-20)26(31)21-13-10-14-22(15-21)33-4/h10,13-15,20H,6-9,11-12,16-17H2,1-5H3. The molecule has 184 valence electrons. The average Bonchev–Trinajstić information content (AvgIpc) is 3.12. The monoisotopic (exact) mass is 468 g/mol. The van der Waals surface area contributed by atoms with Crippen molar-refractivity contribution in [2.45, 2.75) is 59.4 Å². The number of Topliss-reactive ketones (excluding diaryl/α,β-unsaturated/α-hetero) is 1. The number of hydrogen-bond acceptors (Lipinski definition) is 5. The molecular formula is C27H36N2O5. The van der Waals surface area contributed by atoms with Crippen molar-refractivity contribution in [1.29, 1.82) is 0 Å². The van der Waals surface area contributed by atoms with Gasteiger partial charge < -0.3 is 18.9 Å². The van der Waals surface area contributed by atoms with Crippen LogP contribution in [0.5, 0.6) is 5.75 Å². The lowest BCUT2D eigenvalue weighted by atomic mass is 9.88. The Morgan fingerprint density at radius 2 is 1.79 bits per heavy atom. The van der Waals surface area contributed by atoms with Crippen molar-refractivity contribution in [2.24, 2.45) is 5.92 Å². The third kappa shape index (κ3) is 5.34. The van der Waals surface area contributed by atoms with Crippen LogP contribution in [0, 0.1) is 19.8 Å². The molecule has 1 saturated carbocycles. The molecule has 0 atom stereocenters. The quantitative estimate of drug-likeness (QED) is 0.389. The second-order valence-electron chi connectivity index (χ2n) is 9.01. The van der Waals surface area contributed by atoms with Gasteiger partial charge in [0.1, 0.15) is 11.4 Å². The first kappa shape index (κ1) is 25.5. The molecule has 0 aliphatic heterocycles. The summed E-state index contributed by atoms with van der Waals surface area (Å²) in [4.78, 5) is 41.2. The number of rotatable bonds is 9. The van der Waals surface area contributed by atoms with Crippen LogP contribution in [0.3, 0.4) is 0 Å². The molecule has 2 aromatic rings. The maximum atomic E-state index is 13.6. The molecule has 1 amide bonds. The van der Waals surface area contributed by atoms with Crippen LogP contribution in [0.25, 0.3) is 0 Å². The van der Waals surface area contributed by atoms with Crippen molar-refractivity contribution >= 4 is 17.7 Å². The molecule has 0 radical (unpaired) electrons. The van der Waals surface area contributed by atoms with Gasteiger partial charge in [-0.3, -0.25) is 9.59 Å². The highest BCUT2D eigenvalue weighted by molar-refractivity contribution is 6.06. The maximum absolute atomic E-state index is 13.6. The van der Waals surface area contributed by atoms with E-state index in [0.717, 1.165) is 31.4 Å². The molecule has 7 nitrogen and oxygen atoms in total. The molecule has 0 spiro atoms. The van der Waals surface area contributed by atoms with Gasteiger partial charge >= 0.3 is 5.97 Å². The van der Waals surface area contributed by atoms with E-state index < -0.39 is 5.97 Å². The zero-order chi connectivity index (χ0) is 24.8. The van der Waals surface area contributed by atoms with Crippen LogP contribution >= 0.6 is 0 Å². The molecule has 3 rings (SSSR count). The Morgan fingerprint density at radius 3 is 2.41 bits per heavy atom. The van der Waals surface area contributed by atoms with Gasteiger partial charge in [0.25, 0.3) is 5.91 Å². The normalized spacial score (nSPS) is 14.0. The molecule has 0 unspecified atom stereocenters. The molecule has 7 heteroatoms. The lowest BCUT2D eigenvalue weighted by Crippen LogP contribution is -2.40. The number of hydrogen-bond donors (Lipinski definition) is 0. The van der Waals surface area contributed by atoms with Crippen molar-refractivity contribution in [3.63, 3.8) is 0 Å². The first-order chi connectivity index (χ1) is 16.3. The van der Waals surface area contributed by atoms with Crippen LogP contribution in [0.15, 0.2) is 24.3 Å². The van der Waals surface area contributed by atoms with Gasteiger partial charge in [-0.15, -0.1) is 0 Å². The van der Waals surface area contributed by atoms with Gasteiger partial charge in [-0.2, -0.15) is 0 Å². The molecular weight excluding hydrogens is 432 g/mol. The van der Waals surface area contributed by atoms with E-state index in [-0.39, 0.29) is 18.2 Å². The summed E-state index contributed by atoms with van der Waals surface area (Å²) >= 11 is 0. The van der Waals surface area contributed by atoms with Crippen molar-refractivity contribution in [1.82, 2.24) is 9.47 Å². The summed E-state index contributed by atoms with van der Waals surface area (Å²) in [6, 6.07) is 7.04. The number of aromatic nitrogens is 1. The number of ketones is 1. The lowest BCUT2D eigenvalue weighted by Gasteiger charge is -2.29. The molecule has 1 heterocycles. The summed E-state index contributed by atoms with van der Waals surface area (Å²) in [7, 11) is 2.90. The van der Waals surface area contributed by atoms with Gasteiger partial charge in [-0.25, -0.2) is 4.79 Å². The Bertz CT molecular complexity index is 1050. The third-order valence-corrected chi connectivity index (χ3v) is 6.88. The minimum Gasteiger partial charge on any atom is -0.497 e. The van der Waals surface area contributed by atoms with E-state index in [2.05, 4.69) is 0 Å². The summed E-state index contributed by atoms with van der Waals surface area (Å²) in [5, 5.41) is 0. The third-order valence-electron chi connectivity index (χ3n) is 6.88. The molecule has 1 aromatic carbocycles. The van der Waals surface area contributed by atoms with Gasteiger partial charge in [0.2, 0.25) is 0 Å². The Hall–Kier alpha value is -3.09. The fourth-order valence-electron chi connectivity index (χ4n) is 5.15. The largest absolute Gasteiger partial charge is 0.497 e. The zero-order valence-corrected chi connectivity index (χ0v) is 21.0. The number of amides is 1. The van der Waals surface area contributed by atoms with Gasteiger partial charge in [-0.1, -0.05) is 25.3 Å². The van der Waals surface area contributed by atoms with E-state index in [4.69, 9.17) is 9.47 Å². The molecule has 0 N–H and O–H groups in total. The minimum absolute atomic E-state index is 0.0391. The SMILES string of the molecule is CCn1c(C)c(C(=O)CN(CC2CCCCC2)C(=O)c2cccc(OC)c2)c(C)c1C(=O)OC. The molecule has 1 aliphatic carbocycles. The summed E-state index contributed by atoms with van der Waals surface area (Å²) < 4.78 is 12.1. The van der Waals surface area contributed by atoms with E-state index >= 15 is 0 Å². The van der Waals surface area contributed by atoms with Crippen LogP contribution in [0.2, 0.25) is 0 Å². The number of carbonyl (C=O) groups is 3.